The maximum absolute atomic E-state index is 13.2. The molecule has 10 atom stereocenters. The molecule has 38 heavy (non-hydrogen) atoms. The molecule has 0 aromatic heterocycles. The molecule has 5 aliphatic rings. The van der Waals surface area contributed by atoms with Crippen LogP contribution in [0.5, 0.6) is 0 Å². The number of carbonyl (C=O) groups excluding carboxylic acids is 2. The average molecular weight is 535 g/mol. The molecule has 5 rings (SSSR count). The van der Waals surface area contributed by atoms with Gasteiger partial charge in [0.15, 0.2) is 11.4 Å². The van der Waals surface area contributed by atoms with E-state index in [0.29, 0.717) is 12.8 Å². The normalized spacial score (nSPS) is 47.7. The molecule has 0 aromatic carbocycles. The lowest BCUT2D eigenvalue weighted by Gasteiger charge is -2.51. The Morgan fingerprint density at radius 2 is 1.76 bits per heavy atom. The second-order valence-corrected chi connectivity index (χ2v) is 13.5. The molecule has 1 saturated heterocycles. The van der Waals surface area contributed by atoms with E-state index in [2.05, 4.69) is 6.92 Å². The molecule has 1 aliphatic heterocycles. The lowest BCUT2D eigenvalue weighted by molar-refractivity contribution is -0.215. The minimum Gasteiger partial charge on any atom is -0.458 e. The second kappa shape index (κ2) is 9.10. The SMILES string of the molecule is CCCCCCCCCC(=O)O[C@@]12C[C@@H](C)[C@@]3(O)[C@H]([C@@H]1C2(C)C)[C@@H]1O[C@]1(CO)[C@@H](O)[C@]1(O)C(=O)C(C)=C[C@H]13. The number of rotatable bonds is 10. The fourth-order valence-corrected chi connectivity index (χ4v) is 8.92. The van der Waals surface area contributed by atoms with Crippen molar-refractivity contribution in [2.24, 2.45) is 29.1 Å². The summed E-state index contributed by atoms with van der Waals surface area (Å²) >= 11 is 0. The Labute approximate surface area is 225 Å². The number of aliphatic hydroxyl groups is 4. The summed E-state index contributed by atoms with van der Waals surface area (Å²) in [6, 6.07) is 0. The summed E-state index contributed by atoms with van der Waals surface area (Å²) in [5.41, 5.74) is -6.49. The van der Waals surface area contributed by atoms with Crippen molar-refractivity contribution in [2.75, 3.05) is 6.61 Å². The van der Waals surface area contributed by atoms with Crippen LogP contribution < -0.4 is 0 Å². The molecule has 8 heteroatoms. The fourth-order valence-electron chi connectivity index (χ4n) is 8.92. The maximum atomic E-state index is 13.2. The second-order valence-electron chi connectivity index (χ2n) is 13.5. The summed E-state index contributed by atoms with van der Waals surface area (Å²) in [6.07, 6.45) is 7.57. The van der Waals surface area contributed by atoms with Crippen LogP contribution in [-0.4, -0.2) is 73.4 Å². The van der Waals surface area contributed by atoms with Crippen molar-refractivity contribution in [3.05, 3.63) is 11.6 Å². The third kappa shape index (κ3) is 3.46. The van der Waals surface area contributed by atoms with E-state index in [4.69, 9.17) is 9.47 Å². The fraction of sp³-hybridized carbons (Fsp3) is 0.867. The Morgan fingerprint density at radius 3 is 2.39 bits per heavy atom. The van der Waals surface area contributed by atoms with Crippen LogP contribution >= 0.6 is 0 Å². The molecule has 4 aliphatic carbocycles. The van der Waals surface area contributed by atoms with Gasteiger partial charge in [0, 0.05) is 29.6 Å². The van der Waals surface area contributed by atoms with Crippen LogP contribution in [0.4, 0.5) is 0 Å². The molecule has 0 unspecified atom stereocenters. The molecule has 0 radical (unpaired) electrons. The maximum Gasteiger partial charge on any atom is 0.306 e. The van der Waals surface area contributed by atoms with Gasteiger partial charge in [0.25, 0.3) is 0 Å². The Hall–Kier alpha value is -1.32. The van der Waals surface area contributed by atoms with E-state index < -0.39 is 70.2 Å². The van der Waals surface area contributed by atoms with E-state index in [0.717, 1.165) is 19.3 Å². The van der Waals surface area contributed by atoms with Gasteiger partial charge in [0.1, 0.15) is 17.3 Å². The number of ketones is 1. The molecule has 1 heterocycles. The van der Waals surface area contributed by atoms with Crippen LogP contribution in [0, 0.1) is 29.1 Å². The lowest BCUT2D eigenvalue weighted by atomic mass is 9.59. The van der Waals surface area contributed by atoms with Crippen LogP contribution in [0.1, 0.15) is 92.4 Å². The van der Waals surface area contributed by atoms with Gasteiger partial charge in [0.05, 0.1) is 18.3 Å². The van der Waals surface area contributed by atoms with Crippen LogP contribution in [0.3, 0.4) is 0 Å². The molecular weight excluding hydrogens is 488 g/mol. The van der Waals surface area contributed by atoms with Gasteiger partial charge in [-0.05, 0) is 31.3 Å². The van der Waals surface area contributed by atoms with Gasteiger partial charge in [-0.2, -0.15) is 0 Å². The number of aliphatic hydroxyl groups excluding tert-OH is 2. The number of esters is 1. The molecule has 0 bridgehead atoms. The van der Waals surface area contributed by atoms with E-state index >= 15 is 0 Å². The number of fused-ring (bicyclic) bond motifs is 7. The molecule has 0 amide bonds. The number of hydrogen-bond donors (Lipinski definition) is 4. The highest BCUT2D eigenvalue weighted by atomic mass is 16.6. The monoisotopic (exact) mass is 534 g/mol. The molecule has 3 saturated carbocycles. The largest absolute Gasteiger partial charge is 0.458 e. The van der Waals surface area contributed by atoms with Crippen molar-refractivity contribution in [1.82, 2.24) is 0 Å². The van der Waals surface area contributed by atoms with E-state index in [1.54, 1.807) is 13.0 Å². The van der Waals surface area contributed by atoms with Gasteiger partial charge >= 0.3 is 5.97 Å². The van der Waals surface area contributed by atoms with Crippen molar-refractivity contribution in [3.8, 4) is 0 Å². The van der Waals surface area contributed by atoms with Crippen molar-refractivity contribution in [1.29, 1.82) is 0 Å². The number of hydrogen-bond acceptors (Lipinski definition) is 8. The standard InChI is InChI=1S/C30H46O8/c1-6-7-8-9-10-11-12-13-20(32)37-28-15-18(3)29(35)19-14-17(2)23(33)30(19,36)25(34)27(16-31)24(38-27)21(29)22(28)26(28,4)5/h14,18-19,21-22,24-25,31,34-36H,6-13,15-16H2,1-5H3/t18-,19+,21-,22-,24+,25-,27+,28+,29+,30-/m1/s1. The number of Topliss-reactive ketones (excluding diaryl/α,β-unsaturated/α-hetero) is 1. The average Bonchev–Trinajstić information content (AvgIpc) is 3.68. The number of carbonyl (C=O) groups is 2. The summed E-state index contributed by atoms with van der Waals surface area (Å²) in [7, 11) is 0. The summed E-state index contributed by atoms with van der Waals surface area (Å²) in [5, 5.41) is 46.0. The van der Waals surface area contributed by atoms with Gasteiger partial charge in [-0.15, -0.1) is 0 Å². The van der Waals surface area contributed by atoms with Crippen LogP contribution in [-0.2, 0) is 19.1 Å². The van der Waals surface area contributed by atoms with Gasteiger partial charge in [0.2, 0.25) is 0 Å². The van der Waals surface area contributed by atoms with Crippen LogP contribution in [0.25, 0.3) is 0 Å². The van der Waals surface area contributed by atoms with Crippen molar-refractivity contribution < 1.29 is 39.5 Å². The number of ether oxygens (including phenoxy) is 2. The first-order valence-corrected chi connectivity index (χ1v) is 14.7. The van der Waals surface area contributed by atoms with E-state index in [-0.39, 0.29) is 17.5 Å². The Kier molecular flexibility index (Phi) is 6.76. The zero-order valence-corrected chi connectivity index (χ0v) is 23.5. The highest BCUT2D eigenvalue weighted by Crippen LogP contribution is 2.79. The van der Waals surface area contributed by atoms with Gasteiger partial charge < -0.3 is 29.9 Å². The third-order valence-electron chi connectivity index (χ3n) is 11.2. The van der Waals surface area contributed by atoms with E-state index in [1.807, 2.05) is 20.8 Å². The topological polar surface area (TPSA) is 137 Å². The quantitative estimate of drug-likeness (QED) is 0.191. The first-order chi connectivity index (χ1) is 17.8. The van der Waals surface area contributed by atoms with Gasteiger partial charge in [-0.1, -0.05) is 72.3 Å². The Morgan fingerprint density at radius 1 is 1.13 bits per heavy atom. The Balaban J connectivity index is 1.40. The highest BCUT2D eigenvalue weighted by molar-refractivity contribution is 6.05. The van der Waals surface area contributed by atoms with Crippen LogP contribution in [0.15, 0.2) is 11.6 Å². The smallest absolute Gasteiger partial charge is 0.306 e. The Bertz CT molecular complexity index is 1020. The number of unbranched alkanes of at least 4 members (excludes halogenated alkanes) is 6. The summed E-state index contributed by atoms with van der Waals surface area (Å²) < 4.78 is 12.3. The summed E-state index contributed by atoms with van der Waals surface area (Å²) in [4.78, 5) is 26.3. The molecule has 4 N–H and O–H groups in total. The molecule has 214 valence electrons. The van der Waals surface area contributed by atoms with Crippen LogP contribution in [0.2, 0.25) is 0 Å². The first kappa shape index (κ1) is 28.2. The third-order valence-corrected chi connectivity index (χ3v) is 11.2. The molecular formula is C30H46O8. The lowest BCUT2D eigenvalue weighted by Crippen LogP contribution is -2.65. The van der Waals surface area contributed by atoms with E-state index in [9.17, 15) is 30.0 Å². The van der Waals surface area contributed by atoms with Crippen molar-refractivity contribution >= 4 is 11.8 Å². The highest BCUT2D eigenvalue weighted by Gasteiger charge is 2.90. The molecule has 0 spiro atoms. The van der Waals surface area contributed by atoms with Crippen molar-refractivity contribution in [3.63, 3.8) is 0 Å². The summed E-state index contributed by atoms with van der Waals surface area (Å²) in [6.45, 7) is 9.07. The van der Waals surface area contributed by atoms with Gasteiger partial charge in [-0.3, -0.25) is 9.59 Å². The number of epoxide rings is 1. The zero-order valence-electron chi connectivity index (χ0n) is 23.5. The minimum absolute atomic E-state index is 0.242. The first-order valence-electron chi connectivity index (χ1n) is 14.7. The predicted molar refractivity (Wildman–Crippen MR) is 139 cm³/mol. The predicted octanol–water partition coefficient (Wildman–Crippen LogP) is 2.83. The summed E-state index contributed by atoms with van der Waals surface area (Å²) in [5.74, 6) is -3.39. The molecule has 0 aromatic rings. The van der Waals surface area contributed by atoms with E-state index in [1.165, 1.54) is 25.7 Å². The van der Waals surface area contributed by atoms with Crippen molar-refractivity contribution in [2.45, 2.75) is 127 Å². The van der Waals surface area contributed by atoms with Gasteiger partial charge in [-0.25, -0.2) is 0 Å². The zero-order chi connectivity index (χ0) is 27.9. The minimum atomic E-state index is -2.30. The molecule has 4 fully saturated rings. The molecule has 8 nitrogen and oxygen atoms in total.